The van der Waals surface area contributed by atoms with Crippen molar-refractivity contribution in [2.45, 2.75) is 26.8 Å². The fourth-order valence-corrected chi connectivity index (χ4v) is 3.02. The van der Waals surface area contributed by atoms with Gasteiger partial charge in [0, 0.05) is 22.9 Å². The van der Waals surface area contributed by atoms with Crippen molar-refractivity contribution in [3.8, 4) is 11.5 Å². The van der Waals surface area contributed by atoms with Crippen molar-refractivity contribution in [3.63, 3.8) is 0 Å². The number of nitrogens with zero attached hydrogens (tertiary/aromatic N) is 1. The molecule has 1 amide bonds. The Morgan fingerprint density at radius 2 is 1.69 bits per heavy atom. The molecule has 0 aliphatic rings. The third-order valence-electron chi connectivity index (χ3n) is 4.52. The Balaban J connectivity index is 2.37. The highest BCUT2D eigenvalue weighted by molar-refractivity contribution is 6.03. The number of aliphatic hydroxyl groups excluding tert-OH is 1. The number of halogens is 1. The standard InChI is InChI=1S/C24H30FN3O7/c1-4-32-19-13-17(18(25)14-20(19)35-12-11-29)21(23(30)33-5-2)27-16-9-7-15(8-10-16)22(26)28-24(31)34-6-3/h7-10,13-14,21,27,29H,4-6,11-12H2,1-3H3,(H2,26,28,31). The highest BCUT2D eigenvalue weighted by Gasteiger charge is 2.27. The lowest BCUT2D eigenvalue weighted by Crippen LogP contribution is -2.25. The Morgan fingerprint density at radius 3 is 2.29 bits per heavy atom. The van der Waals surface area contributed by atoms with Gasteiger partial charge >= 0.3 is 12.1 Å². The van der Waals surface area contributed by atoms with Crippen molar-refractivity contribution in [1.82, 2.24) is 0 Å². The second-order valence-corrected chi connectivity index (χ2v) is 6.93. The first-order chi connectivity index (χ1) is 16.8. The number of nitrogens with two attached hydrogens (primary N) is 1. The van der Waals surface area contributed by atoms with Crippen LogP contribution in [-0.4, -0.2) is 56.0 Å². The van der Waals surface area contributed by atoms with Crippen LogP contribution in [0.3, 0.4) is 0 Å². The largest absolute Gasteiger partial charge is 0.490 e. The van der Waals surface area contributed by atoms with Crippen LogP contribution in [0.4, 0.5) is 14.9 Å². The lowest BCUT2D eigenvalue weighted by atomic mass is 10.0. The quantitative estimate of drug-likeness (QED) is 0.232. The minimum Gasteiger partial charge on any atom is -0.490 e. The molecular formula is C24H30FN3O7. The first kappa shape index (κ1) is 27.4. The second kappa shape index (κ2) is 13.8. The zero-order valence-electron chi connectivity index (χ0n) is 19.9. The predicted octanol–water partition coefficient (Wildman–Crippen LogP) is 3.17. The van der Waals surface area contributed by atoms with Gasteiger partial charge in [0.1, 0.15) is 18.3 Å². The SMILES string of the molecule is CCOC(=O)N=C(N)c1ccc(NC(C(=O)OCC)c2cc(OCC)c(OCCO)cc2F)cc1. The molecule has 0 aliphatic carbocycles. The van der Waals surface area contributed by atoms with E-state index in [9.17, 15) is 9.59 Å². The van der Waals surface area contributed by atoms with Gasteiger partial charge in [0.15, 0.2) is 17.5 Å². The molecule has 0 radical (unpaired) electrons. The Morgan fingerprint density at radius 1 is 1.03 bits per heavy atom. The van der Waals surface area contributed by atoms with Crippen LogP contribution in [0.5, 0.6) is 11.5 Å². The first-order valence-corrected chi connectivity index (χ1v) is 11.1. The molecule has 35 heavy (non-hydrogen) atoms. The van der Waals surface area contributed by atoms with Gasteiger partial charge in [-0.2, -0.15) is 4.99 Å². The number of hydrogen-bond acceptors (Lipinski definition) is 8. The number of anilines is 1. The highest BCUT2D eigenvalue weighted by Crippen LogP contribution is 2.35. The predicted molar refractivity (Wildman–Crippen MR) is 127 cm³/mol. The van der Waals surface area contributed by atoms with Gasteiger partial charge in [0.25, 0.3) is 0 Å². The fraction of sp³-hybridized carbons (Fsp3) is 0.375. The van der Waals surface area contributed by atoms with Crippen LogP contribution in [-0.2, 0) is 14.3 Å². The molecule has 1 unspecified atom stereocenters. The normalized spacial score (nSPS) is 12.0. The van der Waals surface area contributed by atoms with E-state index in [0.717, 1.165) is 6.07 Å². The smallest absolute Gasteiger partial charge is 0.435 e. The summed E-state index contributed by atoms with van der Waals surface area (Å²) in [5, 5.41) is 12.0. The van der Waals surface area contributed by atoms with Gasteiger partial charge in [-0.3, -0.25) is 0 Å². The van der Waals surface area contributed by atoms with E-state index in [2.05, 4.69) is 10.3 Å². The Kier molecular flexibility index (Phi) is 10.8. The Bertz CT molecular complexity index is 1030. The third kappa shape index (κ3) is 7.85. The van der Waals surface area contributed by atoms with Crippen molar-refractivity contribution in [2.75, 3.05) is 38.4 Å². The van der Waals surface area contributed by atoms with E-state index in [1.165, 1.54) is 6.07 Å². The molecule has 190 valence electrons. The van der Waals surface area contributed by atoms with Gasteiger partial charge in [0.05, 0.1) is 26.4 Å². The third-order valence-corrected chi connectivity index (χ3v) is 4.52. The lowest BCUT2D eigenvalue weighted by molar-refractivity contribution is -0.144. The summed E-state index contributed by atoms with van der Waals surface area (Å²) in [6.45, 7) is 5.27. The van der Waals surface area contributed by atoms with E-state index in [1.807, 2.05) is 0 Å². The molecule has 11 heteroatoms. The number of carbonyl (C=O) groups excluding carboxylic acids is 2. The number of amides is 1. The number of amidine groups is 1. The summed E-state index contributed by atoms with van der Waals surface area (Å²) >= 11 is 0. The summed E-state index contributed by atoms with van der Waals surface area (Å²) < 4.78 is 35.9. The number of carbonyl (C=O) groups is 2. The van der Waals surface area contributed by atoms with Gasteiger partial charge in [-0.15, -0.1) is 0 Å². The van der Waals surface area contributed by atoms with Crippen molar-refractivity contribution in [3.05, 3.63) is 53.3 Å². The topological polar surface area (TPSA) is 142 Å². The Labute approximate surface area is 202 Å². The number of nitrogens with one attached hydrogen (secondary N) is 1. The number of esters is 1. The molecule has 0 bridgehead atoms. The minimum atomic E-state index is -1.21. The summed E-state index contributed by atoms with van der Waals surface area (Å²) in [6, 6.07) is 7.59. The number of aliphatic hydroxyl groups is 1. The number of aliphatic imine (C=N–C) groups is 1. The van der Waals surface area contributed by atoms with Gasteiger partial charge in [-0.25, -0.2) is 14.0 Å². The maximum atomic E-state index is 15.1. The van der Waals surface area contributed by atoms with Crippen LogP contribution >= 0.6 is 0 Å². The number of benzene rings is 2. The van der Waals surface area contributed by atoms with Crippen LogP contribution in [0, 0.1) is 5.82 Å². The molecule has 0 saturated heterocycles. The van der Waals surface area contributed by atoms with E-state index < -0.39 is 23.9 Å². The number of rotatable bonds is 12. The minimum absolute atomic E-state index is 0.0179. The molecule has 1 atom stereocenters. The molecule has 10 nitrogen and oxygen atoms in total. The summed E-state index contributed by atoms with van der Waals surface area (Å²) in [7, 11) is 0. The van der Waals surface area contributed by atoms with Crippen LogP contribution < -0.4 is 20.5 Å². The van der Waals surface area contributed by atoms with Crippen molar-refractivity contribution in [1.29, 1.82) is 0 Å². The van der Waals surface area contributed by atoms with Gasteiger partial charge in [-0.05, 0) is 51.1 Å². The van der Waals surface area contributed by atoms with Crippen LogP contribution in [0.25, 0.3) is 0 Å². The van der Waals surface area contributed by atoms with Gasteiger partial charge in [-0.1, -0.05) is 0 Å². The maximum Gasteiger partial charge on any atom is 0.435 e. The van der Waals surface area contributed by atoms with E-state index in [0.29, 0.717) is 11.3 Å². The average Bonchev–Trinajstić information content (AvgIpc) is 2.83. The van der Waals surface area contributed by atoms with Crippen LogP contribution in [0.1, 0.15) is 37.9 Å². The van der Waals surface area contributed by atoms with E-state index in [1.54, 1.807) is 45.0 Å². The fourth-order valence-electron chi connectivity index (χ4n) is 3.02. The summed E-state index contributed by atoms with van der Waals surface area (Å²) in [4.78, 5) is 27.9. The summed E-state index contributed by atoms with van der Waals surface area (Å²) in [6.07, 6.45) is -0.804. The van der Waals surface area contributed by atoms with Crippen molar-refractivity contribution >= 4 is 23.6 Å². The molecular weight excluding hydrogens is 461 g/mol. The molecule has 4 N–H and O–H groups in total. The molecule has 0 saturated carbocycles. The number of ether oxygens (including phenoxy) is 4. The second-order valence-electron chi connectivity index (χ2n) is 6.93. The highest BCUT2D eigenvalue weighted by atomic mass is 19.1. The molecule has 0 spiro atoms. The zero-order valence-corrected chi connectivity index (χ0v) is 19.9. The van der Waals surface area contributed by atoms with Crippen LogP contribution in [0.15, 0.2) is 41.4 Å². The number of hydrogen-bond donors (Lipinski definition) is 3. The van der Waals surface area contributed by atoms with E-state index in [-0.39, 0.29) is 55.9 Å². The summed E-state index contributed by atoms with van der Waals surface area (Å²) in [5.41, 5.74) is 6.72. The van der Waals surface area contributed by atoms with Gasteiger partial charge < -0.3 is 35.1 Å². The van der Waals surface area contributed by atoms with Crippen LogP contribution in [0.2, 0.25) is 0 Å². The van der Waals surface area contributed by atoms with E-state index in [4.69, 9.17) is 29.8 Å². The molecule has 2 aromatic carbocycles. The van der Waals surface area contributed by atoms with E-state index >= 15 is 4.39 Å². The first-order valence-electron chi connectivity index (χ1n) is 11.1. The molecule has 0 aliphatic heterocycles. The molecule has 0 heterocycles. The maximum absolute atomic E-state index is 15.1. The summed E-state index contributed by atoms with van der Waals surface area (Å²) in [5.74, 6) is -1.15. The zero-order chi connectivity index (χ0) is 25.8. The molecule has 0 fully saturated rings. The average molecular weight is 492 g/mol. The van der Waals surface area contributed by atoms with Gasteiger partial charge in [0.2, 0.25) is 0 Å². The van der Waals surface area contributed by atoms with Crippen molar-refractivity contribution < 1.29 is 38.0 Å². The molecule has 2 rings (SSSR count). The van der Waals surface area contributed by atoms with Crippen molar-refractivity contribution in [2.24, 2.45) is 10.7 Å². The Hall–Kier alpha value is -3.86. The monoisotopic (exact) mass is 491 g/mol. The molecule has 0 aromatic heterocycles. The molecule has 2 aromatic rings. The lowest BCUT2D eigenvalue weighted by Gasteiger charge is -2.21.